The Hall–Kier alpha value is 0.675. The number of allylic oxidation sites excluding steroid dienone is 4. The van der Waals surface area contributed by atoms with Gasteiger partial charge in [-0.1, -0.05) is 0 Å². The van der Waals surface area contributed by atoms with E-state index in [0.717, 1.165) is 33.7 Å². The van der Waals surface area contributed by atoms with Crippen LogP contribution in [0.4, 0.5) is 0 Å². The van der Waals surface area contributed by atoms with E-state index >= 15 is 0 Å². The maximum atomic E-state index is 2.30. The van der Waals surface area contributed by atoms with Gasteiger partial charge < -0.3 is 0 Å². The molecule has 1 rings (SSSR count). The molecule has 1 aliphatic rings. The van der Waals surface area contributed by atoms with Gasteiger partial charge in [0.1, 0.15) is 0 Å². The average Bonchev–Trinajstić information content (AvgIpc) is 2.40. The van der Waals surface area contributed by atoms with Crippen molar-refractivity contribution in [1.82, 2.24) is 0 Å². The van der Waals surface area contributed by atoms with Gasteiger partial charge in [-0.2, -0.15) is 0 Å². The number of hydrogen-bond acceptors (Lipinski definition) is 0. The van der Waals surface area contributed by atoms with Crippen LogP contribution in [0, 0.1) is 33.7 Å². The summed E-state index contributed by atoms with van der Waals surface area (Å²) in [6, 6.07) is 0. The Balaban J connectivity index is 2.94. The molecule has 0 nitrogen and oxygen atoms in total. The van der Waals surface area contributed by atoms with Gasteiger partial charge in [0.25, 0.3) is 0 Å². The molecule has 12 heavy (non-hydrogen) atoms. The molecule has 0 aliphatic heterocycles. The number of rotatable bonds is 3. The quantitative estimate of drug-likeness (QED) is 0.742. The van der Waals surface area contributed by atoms with Gasteiger partial charge >= 0.3 is 98.9 Å². The van der Waals surface area contributed by atoms with E-state index in [2.05, 4.69) is 20.8 Å². The zero-order valence-electron chi connectivity index (χ0n) is 8.41. The van der Waals surface area contributed by atoms with Crippen LogP contribution in [-0.4, -0.2) is 0 Å². The van der Waals surface area contributed by atoms with E-state index < -0.39 is 0 Å². The topological polar surface area (TPSA) is 0 Å². The third-order valence-electron chi connectivity index (χ3n) is 2.72. The fourth-order valence-corrected chi connectivity index (χ4v) is 4.05. The second-order valence-electron chi connectivity index (χ2n) is 3.32. The van der Waals surface area contributed by atoms with E-state index in [1.54, 1.807) is 18.7 Å². The molecule has 0 heterocycles. The molecule has 0 fully saturated rings. The van der Waals surface area contributed by atoms with Crippen LogP contribution in [0.15, 0.2) is 18.7 Å². The van der Waals surface area contributed by atoms with E-state index in [4.69, 9.17) is 0 Å². The summed E-state index contributed by atoms with van der Waals surface area (Å²) < 4.78 is 1.78. The normalized spacial score (nSPS) is 17.8. The van der Waals surface area contributed by atoms with Gasteiger partial charge in [-0.25, -0.2) is 0 Å². The Kier molecular flexibility index (Phi) is 4.29. The predicted octanol–water partition coefficient (Wildman–Crippen LogP) is 3.72. The molecule has 0 saturated carbocycles. The van der Waals surface area contributed by atoms with Gasteiger partial charge in [-0.05, 0) is 0 Å². The Bertz CT molecular complexity index is 233. The first-order valence-corrected chi connectivity index (χ1v) is 6.74. The summed E-state index contributed by atoms with van der Waals surface area (Å²) in [5.41, 5.74) is 5.16. The minimum atomic E-state index is 1.07. The molecule has 0 unspecified atom stereocenters. The van der Waals surface area contributed by atoms with Crippen molar-refractivity contribution < 1.29 is 33.7 Å². The van der Waals surface area contributed by atoms with Crippen molar-refractivity contribution >= 4 is 0 Å². The first kappa shape index (κ1) is 10.8. The molecule has 0 aromatic heterocycles. The molecule has 0 aromatic rings. The van der Waals surface area contributed by atoms with E-state index in [-0.39, 0.29) is 0 Å². The zero-order chi connectivity index (χ0) is 9.14. The Morgan fingerprint density at radius 2 is 1.58 bits per heavy atom. The van der Waals surface area contributed by atoms with Gasteiger partial charge in [0, 0.05) is 0 Å². The molecule has 0 atom stereocenters. The molecule has 0 aromatic carbocycles. The second-order valence-corrected chi connectivity index (χ2v) is 5.51. The first-order valence-electron chi connectivity index (χ1n) is 4.93. The molecule has 0 spiro atoms. The second kappa shape index (κ2) is 4.78. The van der Waals surface area contributed by atoms with Crippen LogP contribution >= 0.6 is 0 Å². The van der Waals surface area contributed by atoms with Crippen LogP contribution in [-0.2, 0) is 0 Å². The van der Waals surface area contributed by atoms with Crippen molar-refractivity contribution in [2.24, 2.45) is 0 Å². The summed E-state index contributed by atoms with van der Waals surface area (Å²) in [6.45, 7) is 6.89. The van der Waals surface area contributed by atoms with E-state index in [9.17, 15) is 0 Å². The summed E-state index contributed by atoms with van der Waals surface area (Å²) >= 11 is 1.07. The molecule has 0 bridgehead atoms. The molecule has 0 radical (unpaired) electrons. The molecule has 0 saturated heterocycles. The predicted molar refractivity (Wildman–Crippen MR) is 49.5 cm³/mol. The Morgan fingerprint density at radius 3 is 2.00 bits per heavy atom. The van der Waals surface area contributed by atoms with Crippen LogP contribution < -0.4 is 0 Å². The van der Waals surface area contributed by atoms with Gasteiger partial charge in [-0.3, -0.25) is 0 Å². The maximum absolute atomic E-state index is 2.30. The molecule has 1 aliphatic carbocycles. The molecular formula is C11H17La. The monoisotopic (exact) mass is 288 g/mol. The van der Waals surface area contributed by atoms with Gasteiger partial charge in [0.05, 0.1) is 0 Å². The van der Waals surface area contributed by atoms with E-state index in [1.807, 2.05) is 0 Å². The SMILES string of the molecule is CCC1=C(CC)C(CC)=[C]([La])C1. The molecule has 0 amide bonds. The van der Waals surface area contributed by atoms with E-state index in [0.29, 0.717) is 0 Å². The summed E-state index contributed by atoms with van der Waals surface area (Å²) in [7, 11) is 0. The van der Waals surface area contributed by atoms with Crippen molar-refractivity contribution in [3.8, 4) is 0 Å². The van der Waals surface area contributed by atoms with Crippen LogP contribution in [0.1, 0.15) is 46.5 Å². The third kappa shape index (κ3) is 1.94. The van der Waals surface area contributed by atoms with Crippen LogP contribution in [0.3, 0.4) is 0 Å². The molecular weight excluding hydrogens is 271 g/mol. The summed E-state index contributed by atoms with van der Waals surface area (Å²) in [5.74, 6) is 0. The zero-order valence-corrected chi connectivity index (χ0v) is 12.0. The van der Waals surface area contributed by atoms with E-state index in [1.165, 1.54) is 25.7 Å². The Morgan fingerprint density at radius 1 is 1.00 bits per heavy atom. The third-order valence-corrected chi connectivity index (χ3v) is 4.45. The standard InChI is InChI=1S/C11H17.La/c1-4-9-7-8-10(5-2)11(9)6-3;/h4-7H2,1-3H3;. The number of hydrogen-bond donors (Lipinski definition) is 0. The van der Waals surface area contributed by atoms with Crippen molar-refractivity contribution in [2.75, 3.05) is 0 Å². The van der Waals surface area contributed by atoms with Crippen molar-refractivity contribution in [2.45, 2.75) is 46.5 Å². The van der Waals surface area contributed by atoms with Crippen molar-refractivity contribution in [3.05, 3.63) is 18.7 Å². The fraction of sp³-hybridized carbons (Fsp3) is 0.636. The summed E-state index contributed by atoms with van der Waals surface area (Å²) in [4.78, 5) is 0. The van der Waals surface area contributed by atoms with Crippen LogP contribution in [0.5, 0.6) is 0 Å². The van der Waals surface area contributed by atoms with Crippen LogP contribution in [0.2, 0.25) is 0 Å². The molecule has 64 valence electrons. The average molecular weight is 288 g/mol. The van der Waals surface area contributed by atoms with Gasteiger partial charge in [-0.15, -0.1) is 0 Å². The van der Waals surface area contributed by atoms with Gasteiger partial charge in [0.2, 0.25) is 0 Å². The molecule has 1 heteroatoms. The summed E-state index contributed by atoms with van der Waals surface area (Å²) in [6.07, 6.45) is 5.11. The fourth-order valence-electron chi connectivity index (χ4n) is 2.09. The van der Waals surface area contributed by atoms with Crippen LogP contribution in [0.25, 0.3) is 0 Å². The minimum absolute atomic E-state index is 1.07. The Labute approximate surface area is 98.1 Å². The van der Waals surface area contributed by atoms with Crippen molar-refractivity contribution in [3.63, 3.8) is 0 Å². The van der Waals surface area contributed by atoms with Crippen molar-refractivity contribution in [1.29, 1.82) is 0 Å². The summed E-state index contributed by atoms with van der Waals surface area (Å²) in [5, 5.41) is 0. The van der Waals surface area contributed by atoms with Gasteiger partial charge in [0.15, 0.2) is 0 Å². The molecule has 0 N–H and O–H groups in total. The first-order chi connectivity index (χ1) is 5.74.